The molecular weight excluding hydrogens is 511 g/mol. The van der Waals surface area contributed by atoms with Gasteiger partial charge in [0.2, 0.25) is 11.7 Å². The van der Waals surface area contributed by atoms with Gasteiger partial charge in [-0.2, -0.15) is 13.2 Å². The van der Waals surface area contributed by atoms with Gasteiger partial charge in [0.1, 0.15) is 18.3 Å². The highest BCUT2D eigenvalue weighted by Gasteiger charge is 2.70. The third-order valence-electron chi connectivity index (χ3n) is 7.03. The lowest BCUT2D eigenvalue weighted by atomic mass is 9.93. The number of rotatable bonds is 10. The summed E-state index contributed by atoms with van der Waals surface area (Å²) >= 11 is 7.63. The second-order valence-electron chi connectivity index (χ2n) is 9.90. The minimum atomic E-state index is -4.19. The maximum Gasteiger partial charge on any atom is 0.401 e. The zero-order valence-corrected chi connectivity index (χ0v) is 21.8. The van der Waals surface area contributed by atoms with Crippen molar-refractivity contribution in [1.29, 1.82) is 0 Å². The number of amides is 1. The van der Waals surface area contributed by atoms with Crippen LogP contribution in [-0.4, -0.2) is 107 Å². The highest BCUT2D eigenvalue weighted by molar-refractivity contribution is 7.99. The molecule has 3 saturated heterocycles. The number of halogens is 4. The standard InChI is InChI=1S/C22H37ClF3N3O5S/c1-12(23)15(17-16(30)18-22(32,34-18)20(33-17)35-3)28-19(31)14-7-6-13(8-9-27-14)5-4-10-29(2)11-21(24,25)26/h12-18,20,27,30,32H,4-11H2,1-3H3,(H,28,31)/t12-,13-,14-,15+,16?,17+,18?,20?,22-/m0/s1. The van der Waals surface area contributed by atoms with Gasteiger partial charge in [-0.05, 0) is 71.3 Å². The SMILES string of the molecule is CSC1O[C@H]([C@H](NC(=O)[C@@H]2CC[C@H](CCCN(C)CC(F)(F)F)CCN2)[C@H](C)Cl)C(O)C2O[C@]12O. The van der Waals surface area contributed by atoms with Gasteiger partial charge in [-0.3, -0.25) is 9.69 Å². The summed E-state index contributed by atoms with van der Waals surface area (Å²) in [5.41, 5.74) is -0.706. The predicted octanol–water partition coefficient (Wildman–Crippen LogP) is 1.67. The summed E-state index contributed by atoms with van der Waals surface area (Å²) in [5.74, 6) is -1.45. The van der Waals surface area contributed by atoms with Crippen LogP contribution in [-0.2, 0) is 14.3 Å². The van der Waals surface area contributed by atoms with E-state index in [9.17, 15) is 28.2 Å². The molecule has 3 rings (SSSR count). The molecule has 0 saturated carbocycles. The summed E-state index contributed by atoms with van der Waals surface area (Å²) in [6.07, 6.45) is -1.51. The molecule has 204 valence electrons. The van der Waals surface area contributed by atoms with E-state index < -0.39 is 59.7 Å². The molecule has 0 bridgehead atoms. The minimum absolute atomic E-state index is 0.248. The fourth-order valence-electron chi connectivity index (χ4n) is 5.07. The third-order valence-corrected chi connectivity index (χ3v) is 8.18. The summed E-state index contributed by atoms with van der Waals surface area (Å²) in [4.78, 5) is 14.4. The number of epoxide rings is 1. The van der Waals surface area contributed by atoms with E-state index in [0.717, 1.165) is 19.3 Å². The van der Waals surface area contributed by atoms with Crippen molar-refractivity contribution >= 4 is 29.3 Å². The topological polar surface area (TPSA) is 107 Å². The molecule has 0 aromatic heterocycles. The Morgan fingerprint density at radius 3 is 2.71 bits per heavy atom. The van der Waals surface area contributed by atoms with Gasteiger partial charge in [-0.1, -0.05) is 0 Å². The van der Waals surface area contributed by atoms with Crippen molar-refractivity contribution in [3.63, 3.8) is 0 Å². The quantitative estimate of drug-likeness (QED) is 0.242. The molecule has 0 aromatic rings. The third kappa shape index (κ3) is 7.59. The van der Waals surface area contributed by atoms with Crippen LogP contribution in [0.15, 0.2) is 0 Å². The van der Waals surface area contributed by atoms with Gasteiger partial charge in [0.15, 0.2) is 5.44 Å². The van der Waals surface area contributed by atoms with E-state index >= 15 is 0 Å². The number of hydrogen-bond donors (Lipinski definition) is 4. The van der Waals surface area contributed by atoms with E-state index in [2.05, 4.69) is 10.6 Å². The molecule has 1 amide bonds. The molecule has 3 heterocycles. The zero-order valence-electron chi connectivity index (χ0n) is 20.3. The Bertz CT molecular complexity index is 724. The molecule has 3 aliphatic heterocycles. The van der Waals surface area contributed by atoms with Gasteiger partial charge in [0.05, 0.1) is 24.0 Å². The molecule has 8 nitrogen and oxygen atoms in total. The average Bonchev–Trinajstić information content (AvgIpc) is 3.50. The number of thioether (sulfide) groups is 1. The van der Waals surface area contributed by atoms with Crippen LogP contribution in [0.4, 0.5) is 13.2 Å². The molecule has 3 unspecified atom stereocenters. The minimum Gasteiger partial charge on any atom is -0.387 e. The number of ether oxygens (including phenoxy) is 2. The molecule has 0 aliphatic carbocycles. The van der Waals surface area contributed by atoms with Crippen molar-refractivity contribution in [2.24, 2.45) is 5.92 Å². The maximum atomic E-state index is 13.1. The molecular formula is C22H37ClF3N3O5S. The summed E-state index contributed by atoms with van der Waals surface area (Å²) in [6.45, 7) is 1.80. The van der Waals surface area contributed by atoms with Gasteiger partial charge in [0, 0.05) is 0 Å². The molecule has 0 radical (unpaired) electrons. The lowest BCUT2D eigenvalue weighted by Crippen LogP contribution is -2.62. The number of hydrogen-bond acceptors (Lipinski definition) is 8. The van der Waals surface area contributed by atoms with Crippen LogP contribution in [0.2, 0.25) is 0 Å². The Kier molecular flexibility index (Phi) is 10.0. The molecule has 3 fully saturated rings. The van der Waals surface area contributed by atoms with E-state index in [0.29, 0.717) is 31.8 Å². The number of aliphatic hydroxyl groups is 2. The molecule has 4 N–H and O–H groups in total. The molecule has 13 heteroatoms. The Balaban J connectivity index is 1.49. The first-order valence-corrected chi connectivity index (χ1v) is 13.8. The first kappa shape index (κ1) is 29.2. The fraction of sp³-hybridized carbons (Fsp3) is 0.955. The van der Waals surface area contributed by atoms with Crippen molar-refractivity contribution in [3.8, 4) is 0 Å². The first-order chi connectivity index (χ1) is 16.4. The number of carbonyl (C=O) groups is 1. The van der Waals surface area contributed by atoms with Crippen molar-refractivity contribution in [3.05, 3.63) is 0 Å². The summed E-state index contributed by atoms with van der Waals surface area (Å²) in [7, 11) is 1.47. The van der Waals surface area contributed by atoms with E-state index in [4.69, 9.17) is 21.1 Å². The van der Waals surface area contributed by atoms with E-state index in [1.807, 2.05) is 0 Å². The largest absolute Gasteiger partial charge is 0.401 e. The normalized spacial score (nSPS) is 37.3. The predicted molar refractivity (Wildman–Crippen MR) is 127 cm³/mol. The highest BCUT2D eigenvalue weighted by atomic mass is 35.5. The molecule has 0 spiro atoms. The van der Waals surface area contributed by atoms with Gasteiger partial charge in [0.25, 0.3) is 0 Å². The van der Waals surface area contributed by atoms with E-state index in [1.54, 1.807) is 13.2 Å². The van der Waals surface area contributed by atoms with Crippen LogP contribution < -0.4 is 10.6 Å². The second kappa shape index (κ2) is 12.0. The monoisotopic (exact) mass is 547 g/mol. The summed E-state index contributed by atoms with van der Waals surface area (Å²) in [5, 5.41) is 26.7. The first-order valence-electron chi connectivity index (χ1n) is 12.1. The smallest absolute Gasteiger partial charge is 0.387 e. The molecule has 35 heavy (non-hydrogen) atoms. The van der Waals surface area contributed by atoms with Gasteiger partial charge >= 0.3 is 6.18 Å². The van der Waals surface area contributed by atoms with Gasteiger partial charge in [-0.15, -0.1) is 23.4 Å². The fourth-order valence-corrected chi connectivity index (χ4v) is 6.04. The van der Waals surface area contributed by atoms with E-state index in [1.165, 1.54) is 23.7 Å². The van der Waals surface area contributed by atoms with Gasteiger partial charge in [-0.25, -0.2) is 0 Å². The number of fused-ring (bicyclic) bond motifs is 1. The molecule has 0 aromatic carbocycles. The number of aliphatic hydroxyl groups excluding tert-OH is 1. The Hall–Kier alpha value is -0.340. The van der Waals surface area contributed by atoms with Crippen molar-refractivity contribution in [1.82, 2.24) is 15.5 Å². The van der Waals surface area contributed by atoms with Crippen LogP contribution >= 0.6 is 23.4 Å². The lowest BCUT2D eigenvalue weighted by Gasteiger charge is -2.39. The lowest BCUT2D eigenvalue weighted by molar-refractivity contribution is -0.150. The molecule has 3 aliphatic rings. The Labute approximate surface area is 213 Å². The van der Waals surface area contributed by atoms with Crippen LogP contribution in [0, 0.1) is 5.92 Å². The number of nitrogens with zero attached hydrogens (tertiary/aromatic N) is 1. The molecule has 9 atom stereocenters. The maximum absolute atomic E-state index is 13.1. The van der Waals surface area contributed by atoms with Crippen molar-refractivity contribution in [2.45, 2.75) is 92.2 Å². The van der Waals surface area contributed by atoms with Crippen LogP contribution in [0.3, 0.4) is 0 Å². The Morgan fingerprint density at radius 2 is 2.09 bits per heavy atom. The Morgan fingerprint density at radius 1 is 1.37 bits per heavy atom. The van der Waals surface area contributed by atoms with Crippen molar-refractivity contribution < 1.29 is 37.7 Å². The van der Waals surface area contributed by atoms with Crippen LogP contribution in [0.5, 0.6) is 0 Å². The zero-order chi connectivity index (χ0) is 26.0. The van der Waals surface area contributed by atoms with Crippen molar-refractivity contribution in [2.75, 3.05) is 32.9 Å². The average molecular weight is 548 g/mol. The number of alkyl halides is 4. The summed E-state index contributed by atoms with van der Waals surface area (Å²) in [6, 6.07) is -1.15. The number of carbonyl (C=O) groups excluding carboxylic acids is 1. The second-order valence-corrected chi connectivity index (χ2v) is 11.5. The van der Waals surface area contributed by atoms with Crippen LogP contribution in [0.1, 0.15) is 39.0 Å². The van der Waals surface area contributed by atoms with Gasteiger partial charge < -0.3 is 30.3 Å². The highest BCUT2D eigenvalue weighted by Crippen LogP contribution is 2.50. The van der Waals surface area contributed by atoms with E-state index in [-0.39, 0.29) is 5.91 Å². The summed E-state index contributed by atoms with van der Waals surface area (Å²) < 4.78 is 48.6. The number of nitrogens with one attached hydrogen (secondary N) is 2. The van der Waals surface area contributed by atoms with Crippen LogP contribution in [0.25, 0.3) is 0 Å².